The maximum absolute atomic E-state index is 11.1. The fraction of sp³-hybridized carbons (Fsp3) is 0.167. The molecule has 82 valence electrons. The predicted octanol–water partition coefficient (Wildman–Crippen LogP) is 3.16. The Kier molecular flexibility index (Phi) is 2.79. The Balaban J connectivity index is 2.67. The van der Waals surface area contributed by atoms with E-state index in [0.29, 0.717) is 5.02 Å². The van der Waals surface area contributed by atoms with Gasteiger partial charge in [-0.25, -0.2) is 0 Å². The molecule has 0 saturated heterocycles. The number of aromatic nitrogens is 1. The van der Waals surface area contributed by atoms with Crippen molar-refractivity contribution in [2.24, 2.45) is 0 Å². The van der Waals surface area contributed by atoms with Crippen LogP contribution in [-0.4, -0.2) is 10.9 Å². The normalized spacial score (nSPS) is 10.4. The summed E-state index contributed by atoms with van der Waals surface area (Å²) in [5.41, 5.74) is 2.40. The lowest BCUT2D eigenvalue weighted by molar-refractivity contribution is -0.114. The summed E-state index contributed by atoms with van der Waals surface area (Å²) < 4.78 is 0. The van der Waals surface area contributed by atoms with E-state index in [0.717, 1.165) is 22.3 Å². The molecule has 1 N–H and O–H groups in total. The zero-order valence-electron chi connectivity index (χ0n) is 9.04. The van der Waals surface area contributed by atoms with Gasteiger partial charge in [-0.05, 0) is 31.2 Å². The molecular formula is C12H11ClN2O. The number of hydrogen-bond acceptors (Lipinski definition) is 2. The second kappa shape index (κ2) is 4.10. The topological polar surface area (TPSA) is 42.0 Å². The molecule has 0 unspecified atom stereocenters. The molecule has 0 radical (unpaired) electrons. The largest absolute Gasteiger partial charge is 0.326 e. The highest BCUT2D eigenvalue weighted by molar-refractivity contribution is 6.31. The quantitative estimate of drug-likeness (QED) is 0.824. The van der Waals surface area contributed by atoms with Gasteiger partial charge in [-0.1, -0.05) is 11.6 Å². The number of rotatable bonds is 1. The second-order valence-corrected chi connectivity index (χ2v) is 4.09. The molecule has 1 aromatic carbocycles. The standard InChI is InChI=1S/C12H11ClN2O/c1-7-5-11(15-8(2)16)10-4-3-9(13)6-12(10)14-7/h3-6H,1-2H3,(H,14,15,16). The van der Waals surface area contributed by atoms with Gasteiger partial charge < -0.3 is 5.32 Å². The lowest BCUT2D eigenvalue weighted by atomic mass is 10.1. The number of halogens is 1. The first-order chi connectivity index (χ1) is 7.56. The van der Waals surface area contributed by atoms with Crippen molar-refractivity contribution in [1.29, 1.82) is 0 Å². The summed E-state index contributed by atoms with van der Waals surface area (Å²) in [5, 5.41) is 4.32. The predicted molar refractivity (Wildman–Crippen MR) is 65.8 cm³/mol. The van der Waals surface area contributed by atoms with Crippen LogP contribution >= 0.6 is 11.6 Å². The van der Waals surface area contributed by atoms with Gasteiger partial charge in [-0.2, -0.15) is 0 Å². The number of hydrogen-bond donors (Lipinski definition) is 1. The first kappa shape index (κ1) is 10.9. The Morgan fingerprint density at radius 3 is 2.81 bits per heavy atom. The molecule has 0 saturated carbocycles. The number of fused-ring (bicyclic) bond motifs is 1. The number of benzene rings is 1. The van der Waals surface area contributed by atoms with Crippen molar-refractivity contribution in [3.8, 4) is 0 Å². The van der Waals surface area contributed by atoms with Crippen LogP contribution in [0, 0.1) is 6.92 Å². The molecule has 0 aliphatic rings. The summed E-state index contributed by atoms with van der Waals surface area (Å²) in [7, 11) is 0. The van der Waals surface area contributed by atoms with E-state index >= 15 is 0 Å². The maximum atomic E-state index is 11.1. The minimum atomic E-state index is -0.0955. The number of carbonyl (C=O) groups is 1. The van der Waals surface area contributed by atoms with Crippen LogP contribution in [0.1, 0.15) is 12.6 Å². The van der Waals surface area contributed by atoms with Crippen molar-refractivity contribution in [2.75, 3.05) is 5.32 Å². The molecule has 1 amide bonds. The van der Waals surface area contributed by atoms with Gasteiger partial charge in [0, 0.05) is 23.0 Å². The summed E-state index contributed by atoms with van der Waals surface area (Å²) in [6.45, 7) is 3.36. The monoisotopic (exact) mass is 234 g/mol. The number of anilines is 1. The van der Waals surface area contributed by atoms with E-state index in [9.17, 15) is 4.79 Å². The molecule has 0 atom stereocenters. The molecule has 0 spiro atoms. The van der Waals surface area contributed by atoms with Gasteiger partial charge in [0.15, 0.2) is 0 Å². The zero-order chi connectivity index (χ0) is 11.7. The molecule has 0 bridgehead atoms. The molecule has 16 heavy (non-hydrogen) atoms. The highest BCUT2D eigenvalue weighted by Gasteiger charge is 2.05. The Bertz CT molecular complexity index is 561. The first-order valence-corrected chi connectivity index (χ1v) is 5.28. The fourth-order valence-electron chi connectivity index (χ4n) is 1.63. The van der Waals surface area contributed by atoms with Crippen LogP contribution in [0.3, 0.4) is 0 Å². The van der Waals surface area contributed by atoms with E-state index in [1.165, 1.54) is 6.92 Å². The molecule has 1 aromatic heterocycles. The van der Waals surface area contributed by atoms with Gasteiger partial charge in [0.05, 0.1) is 11.2 Å². The van der Waals surface area contributed by atoms with Crippen LogP contribution in [0.5, 0.6) is 0 Å². The number of pyridine rings is 1. The minimum Gasteiger partial charge on any atom is -0.326 e. The van der Waals surface area contributed by atoms with Crippen LogP contribution < -0.4 is 5.32 Å². The Morgan fingerprint density at radius 2 is 2.12 bits per heavy atom. The summed E-state index contributed by atoms with van der Waals surface area (Å²) in [6, 6.07) is 7.27. The number of amides is 1. The summed E-state index contributed by atoms with van der Waals surface area (Å²) >= 11 is 5.90. The summed E-state index contributed by atoms with van der Waals surface area (Å²) in [6.07, 6.45) is 0. The molecule has 4 heteroatoms. The van der Waals surface area contributed by atoms with E-state index in [1.54, 1.807) is 12.1 Å². The third kappa shape index (κ3) is 2.14. The van der Waals surface area contributed by atoms with Crippen molar-refractivity contribution in [3.05, 3.63) is 35.0 Å². The lowest BCUT2D eigenvalue weighted by Gasteiger charge is -2.08. The summed E-state index contributed by atoms with van der Waals surface area (Å²) in [5.74, 6) is -0.0955. The Morgan fingerprint density at radius 1 is 1.38 bits per heavy atom. The molecule has 0 fully saturated rings. The van der Waals surface area contributed by atoms with Gasteiger partial charge >= 0.3 is 0 Å². The van der Waals surface area contributed by atoms with Crippen LogP contribution in [0.25, 0.3) is 10.9 Å². The second-order valence-electron chi connectivity index (χ2n) is 3.65. The SMILES string of the molecule is CC(=O)Nc1cc(C)nc2cc(Cl)ccc12. The van der Waals surface area contributed by atoms with E-state index < -0.39 is 0 Å². The van der Waals surface area contributed by atoms with Crippen LogP contribution in [-0.2, 0) is 4.79 Å². The Labute approximate surface area is 98.4 Å². The van der Waals surface area contributed by atoms with Gasteiger partial charge in [-0.15, -0.1) is 0 Å². The third-order valence-electron chi connectivity index (χ3n) is 2.21. The van der Waals surface area contributed by atoms with Crippen LogP contribution in [0.4, 0.5) is 5.69 Å². The molecular weight excluding hydrogens is 224 g/mol. The molecule has 0 aliphatic heterocycles. The van der Waals surface area contributed by atoms with Gasteiger partial charge in [0.1, 0.15) is 0 Å². The summed E-state index contributed by atoms with van der Waals surface area (Å²) in [4.78, 5) is 15.4. The first-order valence-electron chi connectivity index (χ1n) is 4.91. The molecule has 2 rings (SSSR count). The number of carbonyl (C=O) groups excluding carboxylic acids is 1. The number of nitrogens with zero attached hydrogens (tertiary/aromatic N) is 1. The van der Waals surface area contributed by atoms with E-state index in [1.807, 2.05) is 19.1 Å². The van der Waals surface area contributed by atoms with Crippen molar-refractivity contribution < 1.29 is 4.79 Å². The zero-order valence-corrected chi connectivity index (χ0v) is 9.80. The molecule has 2 aromatic rings. The van der Waals surface area contributed by atoms with Crippen molar-refractivity contribution in [1.82, 2.24) is 4.98 Å². The highest BCUT2D eigenvalue weighted by Crippen LogP contribution is 2.25. The van der Waals surface area contributed by atoms with Crippen LogP contribution in [0.2, 0.25) is 5.02 Å². The average Bonchev–Trinajstić information content (AvgIpc) is 2.15. The Hall–Kier alpha value is -1.61. The van der Waals surface area contributed by atoms with E-state index in [-0.39, 0.29) is 5.91 Å². The average molecular weight is 235 g/mol. The van der Waals surface area contributed by atoms with Crippen molar-refractivity contribution in [3.63, 3.8) is 0 Å². The number of aryl methyl sites for hydroxylation is 1. The van der Waals surface area contributed by atoms with Crippen molar-refractivity contribution in [2.45, 2.75) is 13.8 Å². The van der Waals surface area contributed by atoms with Gasteiger partial charge in [0.25, 0.3) is 0 Å². The van der Waals surface area contributed by atoms with E-state index in [2.05, 4.69) is 10.3 Å². The molecule has 0 aliphatic carbocycles. The lowest BCUT2D eigenvalue weighted by Crippen LogP contribution is -2.06. The minimum absolute atomic E-state index is 0.0955. The van der Waals surface area contributed by atoms with Gasteiger partial charge in [-0.3, -0.25) is 9.78 Å². The smallest absolute Gasteiger partial charge is 0.221 e. The molecule has 3 nitrogen and oxygen atoms in total. The highest BCUT2D eigenvalue weighted by atomic mass is 35.5. The van der Waals surface area contributed by atoms with Crippen molar-refractivity contribution >= 4 is 34.1 Å². The fourth-order valence-corrected chi connectivity index (χ4v) is 1.79. The maximum Gasteiger partial charge on any atom is 0.221 e. The van der Waals surface area contributed by atoms with E-state index in [4.69, 9.17) is 11.6 Å². The molecule has 1 heterocycles. The van der Waals surface area contributed by atoms with Gasteiger partial charge in [0.2, 0.25) is 5.91 Å². The number of nitrogens with one attached hydrogen (secondary N) is 1. The van der Waals surface area contributed by atoms with Crippen LogP contribution in [0.15, 0.2) is 24.3 Å². The third-order valence-corrected chi connectivity index (χ3v) is 2.45.